The van der Waals surface area contributed by atoms with Crippen LogP contribution in [0.25, 0.3) is 0 Å². The van der Waals surface area contributed by atoms with E-state index in [4.69, 9.17) is 5.11 Å². The van der Waals surface area contributed by atoms with Gasteiger partial charge in [0.1, 0.15) is 5.82 Å². The van der Waals surface area contributed by atoms with Crippen LogP contribution in [-0.4, -0.2) is 29.6 Å². The lowest BCUT2D eigenvalue weighted by molar-refractivity contribution is 0.0696. The Morgan fingerprint density at radius 3 is 2.71 bits per heavy atom. The molecule has 0 saturated heterocycles. The lowest BCUT2D eigenvalue weighted by atomic mass is 10.1. The van der Waals surface area contributed by atoms with Crippen LogP contribution in [0.5, 0.6) is 0 Å². The average molecular weight is 239 g/mol. The molecule has 0 aromatic heterocycles. The fourth-order valence-electron chi connectivity index (χ4n) is 1.61. The van der Waals surface area contributed by atoms with Gasteiger partial charge in [-0.2, -0.15) is 0 Å². The Morgan fingerprint density at radius 1 is 1.47 bits per heavy atom. The second-order valence-corrected chi connectivity index (χ2v) is 4.20. The molecule has 0 fully saturated rings. The lowest BCUT2D eigenvalue weighted by Crippen LogP contribution is -2.19. The number of unbranched alkanes of at least 4 members (excludes halogenated alkanes) is 1. The molecule has 1 aromatic carbocycles. The van der Waals surface area contributed by atoms with Crippen molar-refractivity contribution < 1.29 is 14.3 Å². The largest absolute Gasteiger partial charge is 0.478 e. The number of hydrogen-bond acceptors (Lipinski definition) is 2. The van der Waals surface area contributed by atoms with E-state index in [1.165, 1.54) is 6.07 Å². The van der Waals surface area contributed by atoms with Crippen molar-refractivity contribution in [2.45, 2.75) is 26.3 Å². The molecule has 0 spiro atoms. The van der Waals surface area contributed by atoms with Crippen LogP contribution < -0.4 is 0 Å². The molecule has 3 nitrogen and oxygen atoms in total. The second kappa shape index (κ2) is 6.35. The first kappa shape index (κ1) is 13.6. The Morgan fingerprint density at radius 2 is 2.18 bits per heavy atom. The number of carboxylic acid groups (broad SMARTS) is 1. The van der Waals surface area contributed by atoms with Gasteiger partial charge in [0.2, 0.25) is 0 Å². The third-order valence-electron chi connectivity index (χ3n) is 2.63. The Labute approximate surface area is 101 Å². The molecule has 1 rings (SSSR count). The highest BCUT2D eigenvalue weighted by molar-refractivity contribution is 5.87. The summed E-state index contributed by atoms with van der Waals surface area (Å²) < 4.78 is 13.6. The van der Waals surface area contributed by atoms with Gasteiger partial charge in [0.05, 0.1) is 5.56 Å². The van der Waals surface area contributed by atoms with Crippen molar-refractivity contribution in [3.63, 3.8) is 0 Å². The van der Waals surface area contributed by atoms with E-state index in [-0.39, 0.29) is 5.56 Å². The van der Waals surface area contributed by atoms with Gasteiger partial charge in [-0.3, -0.25) is 0 Å². The normalized spacial score (nSPS) is 10.8. The number of carbonyl (C=O) groups is 1. The fraction of sp³-hybridized carbons (Fsp3) is 0.462. The summed E-state index contributed by atoms with van der Waals surface area (Å²) >= 11 is 0. The third kappa shape index (κ3) is 4.15. The first-order valence-corrected chi connectivity index (χ1v) is 5.75. The van der Waals surface area contributed by atoms with Crippen molar-refractivity contribution in [2.24, 2.45) is 0 Å². The molecule has 0 radical (unpaired) electrons. The van der Waals surface area contributed by atoms with E-state index >= 15 is 0 Å². The molecule has 0 aliphatic carbocycles. The Balaban J connectivity index is 2.69. The van der Waals surface area contributed by atoms with Crippen LogP contribution in [0.15, 0.2) is 18.2 Å². The van der Waals surface area contributed by atoms with Crippen molar-refractivity contribution in [3.8, 4) is 0 Å². The van der Waals surface area contributed by atoms with Gasteiger partial charge in [0, 0.05) is 12.1 Å². The van der Waals surface area contributed by atoms with E-state index in [2.05, 4.69) is 6.92 Å². The van der Waals surface area contributed by atoms with Crippen molar-refractivity contribution in [2.75, 3.05) is 13.6 Å². The summed E-state index contributed by atoms with van der Waals surface area (Å²) in [5, 5.41) is 8.72. The summed E-state index contributed by atoms with van der Waals surface area (Å²) in [6, 6.07) is 4.06. The van der Waals surface area contributed by atoms with Gasteiger partial charge in [-0.05, 0) is 32.1 Å². The fourth-order valence-corrected chi connectivity index (χ4v) is 1.61. The topological polar surface area (TPSA) is 40.5 Å². The van der Waals surface area contributed by atoms with Crippen LogP contribution in [0.1, 0.15) is 35.7 Å². The Hall–Kier alpha value is -1.42. The zero-order valence-electron chi connectivity index (χ0n) is 10.2. The summed E-state index contributed by atoms with van der Waals surface area (Å²) in [7, 11) is 1.93. The van der Waals surface area contributed by atoms with Crippen LogP contribution in [0.4, 0.5) is 4.39 Å². The van der Waals surface area contributed by atoms with Gasteiger partial charge >= 0.3 is 5.97 Å². The molecule has 0 unspecified atom stereocenters. The molecule has 0 aliphatic rings. The standard InChI is InChI=1S/C13H18FNO2/c1-3-4-7-15(2)9-11-6-5-10(13(16)17)8-12(11)14/h5-6,8H,3-4,7,9H2,1-2H3,(H,16,17). The minimum absolute atomic E-state index is 0.0116. The van der Waals surface area contributed by atoms with Crippen LogP contribution in [-0.2, 0) is 6.54 Å². The predicted octanol–water partition coefficient (Wildman–Crippen LogP) is 2.76. The molecule has 94 valence electrons. The summed E-state index contributed by atoms with van der Waals surface area (Å²) in [6.07, 6.45) is 2.18. The molecular formula is C13H18FNO2. The van der Waals surface area contributed by atoms with Crippen LogP contribution in [0, 0.1) is 5.82 Å². The maximum atomic E-state index is 13.6. The summed E-state index contributed by atoms with van der Waals surface area (Å²) in [4.78, 5) is 12.7. The Bertz CT molecular complexity index is 393. The maximum absolute atomic E-state index is 13.6. The SMILES string of the molecule is CCCCN(C)Cc1ccc(C(=O)O)cc1F. The number of halogens is 1. The molecule has 0 heterocycles. The van der Waals surface area contributed by atoms with Gasteiger partial charge in [-0.1, -0.05) is 19.4 Å². The van der Waals surface area contributed by atoms with Crippen molar-refractivity contribution in [1.82, 2.24) is 4.90 Å². The summed E-state index contributed by atoms with van der Waals surface area (Å²) in [5.74, 6) is -1.55. The molecular weight excluding hydrogens is 221 g/mol. The second-order valence-electron chi connectivity index (χ2n) is 4.20. The molecule has 0 saturated carbocycles. The molecule has 1 aromatic rings. The van der Waals surface area contributed by atoms with E-state index < -0.39 is 11.8 Å². The first-order chi connectivity index (χ1) is 8.04. The summed E-state index contributed by atoms with van der Waals surface area (Å²) in [6.45, 7) is 3.53. The average Bonchev–Trinajstić information content (AvgIpc) is 2.28. The zero-order valence-corrected chi connectivity index (χ0v) is 10.2. The lowest BCUT2D eigenvalue weighted by Gasteiger charge is -2.16. The molecule has 0 amide bonds. The van der Waals surface area contributed by atoms with Gasteiger partial charge in [0.15, 0.2) is 0 Å². The van der Waals surface area contributed by atoms with E-state index in [0.29, 0.717) is 12.1 Å². The monoisotopic (exact) mass is 239 g/mol. The zero-order chi connectivity index (χ0) is 12.8. The van der Waals surface area contributed by atoms with Gasteiger partial charge < -0.3 is 10.0 Å². The van der Waals surface area contributed by atoms with Crippen LogP contribution >= 0.6 is 0 Å². The van der Waals surface area contributed by atoms with E-state index in [9.17, 15) is 9.18 Å². The predicted molar refractivity (Wildman–Crippen MR) is 64.6 cm³/mol. The van der Waals surface area contributed by atoms with Crippen molar-refractivity contribution in [3.05, 3.63) is 35.1 Å². The molecule has 0 bridgehead atoms. The smallest absolute Gasteiger partial charge is 0.335 e. The molecule has 17 heavy (non-hydrogen) atoms. The Kier molecular flexibility index (Phi) is 5.10. The quantitative estimate of drug-likeness (QED) is 0.829. The van der Waals surface area contributed by atoms with E-state index in [0.717, 1.165) is 25.5 Å². The van der Waals surface area contributed by atoms with Crippen LogP contribution in [0.2, 0.25) is 0 Å². The summed E-state index contributed by atoms with van der Waals surface area (Å²) in [5.41, 5.74) is 0.524. The number of hydrogen-bond donors (Lipinski definition) is 1. The minimum Gasteiger partial charge on any atom is -0.478 e. The van der Waals surface area contributed by atoms with Gasteiger partial charge in [-0.25, -0.2) is 9.18 Å². The van der Waals surface area contributed by atoms with Crippen molar-refractivity contribution in [1.29, 1.82) is 0 Å². The number of rotatable bonds is 6. The number of aromatic carboxylic acids is 1. The third-order valence-corrected chi connectivity index (χ3v) is 2.63. The van der Waals surface area contributed by atoms with E-state index in [1.807, 2.05) is 11.9 Å². The number of nitrogens with zero attached hydrogens (tertiary/aromatic N) is 1. The first-order valence-electron chi connectivity index (χ1n) is 5.75. The molecule has 0 aliphatic heterocycles. The van der Waals surface area contributed by atoms with E-state index in [1.54, 1.807) is 6.07 Å². The highest BCUT2D eigenvalue weighted by atomic mass is 19.1. The molecule has 4 heteroatoms. The maximum Gasteiger partial charge on any atom is 0.335 e. The number of benzene rings is 1. The van der Waals surface area contributed by atoms with Gasteiger partial charge in [-0.15, -0.1) is 0 Å². The highest BCUT2D eigenvalue weighted by Gasteiger charge is 2.09. The minimum atomic E-state index is -1.10. The molecule has 1 N–H and O–H groups in total. The highest BCUT2D eigenvalue weighted by Crippen LogP contribution is 2.12. The van der Waals surface area contributed by atoms with Gasteiger partial charge in [0.25, 0.3) is 0 Å². The van der Waals surface area contributed by atoms with Crippen molar-refractivity contribution >= 4 is 5.97 Å². The number of carboxylic acids is 1. The van der Waals surface area contributed by atoms with Crippen LogP contribution in [0.3, 0.4) is 0 Å². The molecule has 0 atom stereocenters.